The predicted octanol–water partition coefficient (Wildman–Crippen LogP) is 10.9. The van der Waals surface area contributed by atoms with Crippen LogP contribution in [0.3, 0.4) is 0 Å². The number of thiophene rings is 1. The molecular weight excluding hydrogens is 581 g/mol. The topological polar surface area (TPSA) is 38.7 Å². The van der Waals surface area contributed by atoms with Gasteiger partial charge in [0.05, 0.1) is 0 Å². The lowest BCUT2D eigenvalue weighted by atomic mass is 9.97. The molecule has 0 radical (unpaired) electrons. The van der Waals surface area contributed by atoms with E-state index in [0.29, 0.717) is 28.6 Å². The van der Waals surface area contributed by atoms with Crippen molar-refractivity contribution in [3.8, 4) is 56.4 Å². The molecule has 0 saturated heterocycles. The lowest BCUT2D eigenvalue weighted by molar-refractivity contribution is 0.627. The zero-order valence-corrected chi connectivity index (χ0v) is 24.6. The van der Waals surface area contributed by atoms with Crippen LogP contribution in [0.2, 0.25) is 0 Å². The Bertz CT molecular complexity index is 2280. The van der Waals surface area contributed by atoms with Gasteiger partial charge in [0.15, 0.2) is 17.5 Å². The third-order valence-corrected chi connectivity index (χ3v) is 9.09. The lowest BCUT2D eigenvalue weighted by Gasteiger charge is -2.11. The molecule has 8 aromatic rings. The van der Waals surface area contributed by atoms with Crippen molar-refractivity contribution in [2.45, 2.75) is 0 Å². The molecule has 0 unspecified atom stereocenters. The number of fused-ring (bicyclic) bond motifs is 3. The van der Waals surface area contributed by atoms with Gasteiger partial charge < -0.3 is 0 Å². The van der Waals surface area contributed by atoms with E-state index in [9.17, 15) is 8.78 Å². The summed E-state index contributed by atoms with van der Waals surface area (Å²) in [5.74, 6) is 0.596. The normalized spacial score (nSPS) is 11.3. The van der Waals surface area contributed by atoms with Gasteiger partial charge in [-0.25, -0.2) is 23.7 Å². The fraction of sp³-hybridized carbons (Fsp3) is 0. The van der Waals surface area contributed by atoms with Crippen molar-refractivity contribution in [1.82, 2.24) is 15.0 Å². The standard InChI is InChI=1S/C39H23F2N3S/c40-30-18-14-24(15-19-30)37-42-38(25-16-20-31(41)21-17-25)44-39(43-37)29-9-4-7-27(23-29)26-6-3-8-28(22-26)32-11-5-12-34-33-10-1-2-13-35(33)45-36(32)34/h1-23H. The second-order valence-electron chi connectivity index (χ2n) is 10.8. The molecule has 0 aliphatic heterocycles. The second-order valence-corrected chi connectivity index (χ2v) is 11.8. The van der Waals surface area contributed by atoms with Crippen LogP contribution in [0.1, 0.15) is 0 Å². The minimum Gasteiger partial charge on any atom is -0.208 e. The van der Waals surface area contributed by atoms with Crippen LogP contribution in [0, 0.1) is 11.6 Å². The molecule has 0 saturated carbocycles. The smallest absolute Gasteiger partial charge is 0.164 e. The van der Waals surface area contributed by atoms with Crippen molar-refractivity contribution in [2.24, 2.45) is 0 Å². The maximum Gasteiger partial charge on any atom is 0.164 e. The van der Waals surface area contributed by atoms with Crippen molar-refractivity contribution in [3.63, 3.8) is 0 Å². The maximum atomic E-state index is 13.7. The Morgan fingerprint density at radius 2 is 0.889 bits per heavy atom. The number of nitrogens with zero attached hydrogens (tertiary/aromatic N) is 3. The molecule has 0 atom stereocenters. The summed E-state index contributed by atoms with van der Waals surface area (Å²) in [7, 11) is 0. The zero-order chi connectivity index (χ0) is 30.3. The molecular formula is C39H23F2N3S. The van der Waals surface area contributed by atoms with Gasteiger partial charge in [0.1, 0.15) is 11.6 Å². The highest BCUT2D eigenvalue weighted by atomic mass is 32.1. The molecule has 3 nitrogen and oxygen atoms in total. The largest absolute Gasteiger partial charge is 0.208 e. The first-order valence-electron chi connectivity index (χ1n) is 14.5. The van der Waals surface area contributed by atoms with Crippen molar-refractivity contribution >= 4 is 31.5 Å². The summed E-state index contributed by atoms with van der Waals surface area (Å²) in [6.45, 7) is 0. The maximum absolute atomic E-state index is 13.7. The number of halogens is 2. The van der Waals surface area contributed by atoms with Gasteiger partial charge in [0.2, 0.25) is 0 Å². The molecule has 6 aromatic carbocycles. The molecule has 0 spiro atoms. The van der Waals surface area contributed by atoms with E-state index >= 15 is 0 Å². The van der Waals surface area contributed by atoms with Gasteiger partial charge in [-0.15, -0.1) is 11.3 Å². The Morgan fingerprint density at radius 1 is 0.400 bits per heavy atom. The summed E-state index contributed by atoms with van der Waals surface area (Å²) in [4.78, 5) is 14.2. The third-order valence-electron chi connectivity index (χ3n) is 7.87. The van der Waals surface area contributed by atoms with Crippen LogP contribution in [0.15, 0.2) is 140 Å². The molecule has 8 rings (SSSR count). The van der Waals surface area contributed by atoms with Crippen molar-refractivity contribution < 1.29 is 8.78 Å². The molecule has 0 aliphatic carbocycles. The highest BCUT2D eigenvalue weighted by molar-refractivity contribution is 7.26. The molecule has 0 N–H and O–H groups in total. The van der Waals surface area contributed by atoms with Crippen molar-refractivity contribution in [2.75, 3.05) is 0 Å². The van der Waals surface area contributed by atoms with Gasteiger partial charge in [-0.2, -0.15) is 0 Å². The fourth-order valence-corrected chi connectivity index (χ4v) is 6.88. The van der Waals surface area contributed by atoms with E-state index in [4.69, 9.17) is 9.97 Å². The first kappa shape index (κ1) is 27.0. The molecule has 214 valence electrons. The fourth-order valence-electron chi connectivity index (χ4n) is 5.64. The SMILES string of the molecule is Fc1ccc(-c2nc(-c3ccc(F)cc3)nc(-c3cccc(-c4cccc(-c5cccc6c5sc5ccccc56)c4)c3)n2)cc1. The molecule has 0 aliphatic rings. The van der Waals surface area contributed by atoms with Crippen LogP contribution >= 0.6 is 11.3 Å². The molecule has 0 bridgehead atoms. The first-order valence-corrected chi connectivity index (χ1v) is 15.3. The van der Waals surface area contributed by atoms with E-state index in [1.807, 2.05) is 23.5 Å². The molecule has 6 heteroatoms. The van der Waals surface area contributed by atoms with E-state index in [1.54, 1.807) is 24.3 Å². The van der Waals surface area contributed by atoms with Gasteiger partial charge in [0, 0.05) is 36.9 Å². The number of hydrogen-bond donors (Lipinski definition) is 0. The van der Waals surface area contributed by atoms with Gasteiger partial charge in [-0.05, 0) is 89.0 Å². The average molecular weight is 604 g/mol. The zero-order valence-electron chi connectivity index (χ0n) is 23.8. The average Bonchev–Trinajstić information content (AvgIpc) is 3.48. The lowest BCUT2D eigenvalue weighted by Crippen LogP contribution is -2.00. The van der Waals surface area contributed by atoms with Gasteiger partial charge in [-0.3, -0.25) is 0 Å². The van der Waals surface area contributed by atoms with E-state index in [1.165, 1.54) is 50.0 Å². The van der Waals surface area contributed by atoms with Crippen LogP contribution in [0.5, 0.6) is 0 Å². The van der Waals surface area contributed by atoms with Crippen molar-refractivity contribution in [1.29, 1.82) is 0 Å². The van der Waals surface area contributed by atoms with Crippen LogP contribution in [0.25, 0.3) is 76.6 Å². The monoisotopic (exact) mass is 603 g/mol. The molecule has 45 heavy (non-hydrogen) atoms. The third kappa shape index (κ3) is 5.15. The summed E-state index contributed by atoms with van der Waals surface area (Å²) >= 11 is 1.82. The van der Waals surface area contributed by atoms with E-state index in [2.05, 4.69) is 83.8 Å². The van der Waals surface area contributed by atoms with E-state index < -0.39 is 0 Å². The molecule has 2 heterocycles. The van der Waals surface area contributed by atoms with Crippen LogP contribution < -0.4 is 0 Å². The second kappa shape index (κ2) is 11.2. The minimum atomic E-state index is -0.342. The Hall–Kier alpha value is -5.59. The molecule has 2 aromatic heterocycles. The number of hydrogen-bond acceptors (Lipinski definition) is 4. The first-order chi connectivity index (χ1) is 22.1. The summed E-state index contributed by atoms with van der Waals surface area (Å²) in [6, 6.07) is 43.8. The number of rotatable bonds is 5. The number of benzene rings is 6. The highest BCUT2D eigenvalue weighted by Crippen LogP contribution is 2.40. The highest BCUT2D eigenvalue weighted by Gasteiger charge is 2.15. The summed E-state index contributed by atoms with van der Waals surface area (Å²) < 4.78 is 30.0. The van der Waals surface area contributed by atoms with Crippen molar-refractivity contribution in [3.05, 3.63) is 151 Å². The van der Waals surface area contributed by atoms with Crippen LogP contribution in [-0.4, -0.2) is 15.0 Å². The minimum absolute atomic E-state index is 0.342. The number of aromatic nitrogens is 3. The summed E-state index contributed by atoms with van der Waals surface area (Å²) in [6.07, 6.45) is 0. The van der Waals surface area contributed by atoms with E-state index in [-0.39, 0.29) is 11.6 Å². The Morgan fingerprint density at radius 3 is 1.53 bits per heavy atom. The Kier molecular flexibility index (Phi) is 6.69. The Labute approximate surface area is 262 Å². The van der Waals surface area contributed by atoms with Gasteiger partial charge in [-0.1, -0.05) is 72.8 Å². The summed E-state index contributed by atoms with van der Waals surface area (Å²) in [5.41, 5.74) is 6.55. The van der Waals surface area contributed by atoms with Gasteiger partial charge >= 0.3 is 0 Å². The Balaban J connectivity index is 1.22. The summed E-state index contributed by atoms with van der Waals surface area (Å²) in [5, 5.41) is 2.55. The van der Waals surface area contributed by atoms with Gasteiger partial charge in [0.25, 0.3) is 0 Å². The predicted molar refractivity (Wildman–Crippen MR) is 180 cm³/mol. The van der Waals surface area contributed by atoms with Crippen LogP contribution in [-0.2, 0) is 0 Å². The van der Waals surface area contributed by atoms with E-state index in [0.717, 1.165) is 22.3 Å². The van der Waals surface area contributed by atoms with Crippen LogP contribution in [0.4, 0.5) is 8.78 Å². The molecule has 0 fully saturated rings. The quantitative estimate of drug-likeness (QED) is 0.196. The molecule has 0 amide bonds.